The Balaban J connectivity index is 2.11. The Bertz CT molecular complexity index is 686. The number of carbonyl (C=O) groups is 2. The Labute approximate surface area is 150 Å². The van der Waals surface area contributed by atoms with Crippen molar-refractivity contribution in [2.45, 2.75) is 26.3 Å². The van der Waals surface area contributed by atoms with Crippen molar-refractivity contribution in [2.75, 3.05) is 5.32 Å². The molecule has 0 spiro atoms. The molecule has 0 aliphatic heterocycles. The van der Waals surface area contributed by atoms with Gasteiger partial charge >= 0.3 is 0 Å². The molecule has 4 nitrogen and oxygen atoms in total. The smallest absolute Gasteiger partial charge is 0.251 e. The van der Waals surface area contributed by atoms with Gasteiger partial charge in [0.05, 0.1) is 0 Å². The lowest BCUT2D eigenvalue weighted by molar-refractivity contribution is -0.119. The molecule has 0 heterocycles. The average Bonchev–Trinajstić information content (AvgIpc) is 2.61. The largest absolute Gasteiger partial charge is 0.340 e. The van der Waals surface area contributed by atoms with E-state index in [2.05, 4.69) is 26.6 Å². The van der Waals surface area contributed by atoms with Crippen LogP contribution in [0.3, 0.4) is 0 Å². The van der Waals surface area contributed by atoms with Crippen molar-refractivity contribution >= 4 is 33.4 Å². The highest BCUT2D eigenvalue weighted by Gasteiger charge is 2.26. The summed E-state index contributed by atoms with van der Waals surface area (Å²) in [6.07, 6.45) is 0.785. The van der Waals surface area contributed by atoms with Gasteiger partial charge in [-0.15, -0.1) is 0 Å². The highest BCUT2D eigenvalue weighted by Crippen LogP contribution is 2.16. The van der Waals surface area contributed by atoms with Gasteiger partial charge in [-0.1, -0.05) is 54.4 Å². The number of benzene rings is 2. The molecule has 2 rings (SSSR count). The fourth-order valence-electron chi connectivity index (χ4n) is 2.27. The minimum absolute atomic E-state index is 0.0214. The quantitative estimate of drug-likeness (QED) is 0.777. The number of rotatable bonds is 6. The number of hydrogen-bond acceptors (Lipinski definition) is 2. The molecule has 0 saturated carbocycles. The molecule has 2 N–H and O–H groups in total. The van der Waals surface area contributed by atoms with Gasteiger partial charge in [0.1, 0.15) is 6.04 Å². The Morgan fingerprint density at radius 3 is 2.25 bits per heavy atom. The molecule has 5 heteroatoms. The molecule has 0 saturated heterocycles. The Morgan fingerprint density at radius 2 is 1.67 bits per heavy atom. The van der Waals surface area contributed by atoms with Crippen LogP contribution in [0.15, 0.2) is 59.1 Å². The maximum Gasteiger partial charge on any atom is 0.251 e. The molecule has 0 aliphatic carbocycles. The van der Waals surface area contributed by atoms with Crippen molar-refractivity contribution in [1.29, 1.82) is 0 Å². The first kappa shape index (κ1) is 18.2. The van der Waals surface area contributed by atoms with E-state index in [1.54, 1.807) is 24.3 Å². The van der Waals surface area contributed by atoms with Crippen LogP contribution in [0.4, 0.5) is 5.69 Å². The first-order valence-electron chi connectivity index (χ1n) is 7.93. The lowest BCUT2D eigenvalue weighted by Crippen LogP contribution is -2.47. The lowest BCUT2D eigenvalue weighted by atomic mass is 9.97. The Kier molecular flexibility index (Phi) is 6.55. The fraction of sp³-hybridized carbons (Fsp3) is 0.263. The summed E-state index contributed by atoms with van der Waals surface area (Å²) in [6.45, 7) is 3.95. The molecular formula is C19H21BrN2O2. The van der Waals surface area contributed by atoms with Gasteiger partial charge in [-0.25, -0.2) is 0 Å². The summed E-state index contributed by atoms with van der Waals surface area (Å²) in [5.74, 6) is -0.434. The molecule has 0 fully saturated rings. The average molecular weight is 389 g/mol. The molecule has 0 bridgehead atoms. The first-order valence-corrected chi connectivity index (χ1v) is 8.73. The molecule has 0 unspecified atom stereocenters. The molecule has 2 aromatic carbocycles. The third-order valence-corrected chi connectivity index (χ3v) is 4.46. The third kappa shape index (κ3) is 4.93. The van der Waals surface area contributed by atoms with E-state index in [1.807, 2.05) is 44.2 Å². The van der Waals surface area contributed by atoms with Crippen LogP contribution < -0.4 is 10.6 Å². The van der Waals surface area contributed by atoms with Gasteiger partial charge in [0.25, 0.3) is 5.91 Å². The number of nitrogens with one attached hydrogen (secondary N) is 2. The predicted octanol–water partition coefficient (Wildman–Crippen LogP) is 4.23. The summed E-state index contributed by atoms with van der Waals surface area (Å²) in [6, 6.07) is 15.7. The second-order valence-corrected chi connectivity index (χ2v) is 6.61. The van der Waals surface area contributed by atoms with E-state index < -0.39 is 6.04 Å². The van der Waals surface area contributed by atoms with Gasteiger partial charge in [0.15, 0.2) is 0 Å². The van der Waals surface area contributed by atoms with Crippen molar-refractivity contribution < 1.29 is 9.59 Å². The molecule has 0 radical (unpaired) electrons. The van der Waals surface area contributed by atoms with Crippen molar-refractivity contribution in [3.63, 3.8) is 0 Å². The zero-order chi connectivity index (χ0) is 17.5. The highest BCUT2D eigenvalue weighted by atomic mass is 79.9. The minimum atomic E-state index is -0.591. The number of amides is 2. The molecule has 2 aromatic rings. The van der Waals surface area contributed by atoms with E-state index in [0.29, 0.717) is 11.3 Å². The number of hydrogen-bond donors (Lipinski definition) is 2. The maximum absolute atomic E-state index is 12.6. The molecule has 24 heavy (non-hydrogen) atoms. The van der Waals surface area contributed by atoms with Gasteiger partial charge in [0.2, 0.25) is 5.91 Å². The Hall–Kier alpha value is -2.14. The van der Waals surface area contributed by atoms with Gasteiger partial charge in [-0.2, -0.15) is 0 Å². The van der Waals surface area contributed by atoms with Gasteiger partial charge in [0, 0.05) is 15.7 Å². The van der Waals surface area contributed by atoms with Crippen molar-refractivity contribution in [2.24, 2.45) is 5.92 Å². The van der Waals surface area contributed by atoms with Gasteiger partial charge in [-0.3, -0.25) is 9.59 Å². The normalized spacial score (nSPS) is 13.0. The Morgan fingerprint density at radius 1 is 1.04 bits per heavy atom. The van der Waals surface area contributed by atoms with Crippen LogP contribution in [0.2, 0.25) is 0 Å². The molecule has 2 atom stereocenters. The van der Waals surface area contributed by atoms with E-state index in [-0.39, 0.29) is 17.7 Å². The second-order valence-electron chi connectivity index (χ2n) is 5.70. The lowest BCUT2D eigenvalue weighted by Gasteiger charge is -2.23. The summed E-state index contributed by atoms with van der Waals surface area (Å²) in [5, 5.41) is 5.72. The number of anilines is 1. The zero-order valence-corrected chi connectivity index (χ0v) is 15.3. The molecule has 0 aliphatic rings. The van der Waals surface area contributed by atoms with Crippen LogP contribution in [0, 0.1) is 5.92 Å². The predicted molar refractivity (Wildman–Crippen MR) is 99.9 cm³/mol. The van der Waals surface area contributed by atoms with Crippen LogP contribution in [0.5, 0.6) is 0 Å². The van der Waals surface area contributed by atoms with Crippen LogP contribution in [-0.4, -0.2) is 17.9 Å². The van der Waals surface area contributed by atoms with Crippen LogP contribution >= 0.6 is 15.9 Å². The standard InChI is InChI=1S/C19H21BrN2O2/c1-3-13(2)17(22-18(23)14-7-5-4-6-8-14)19(24)21-16-11-9-15(20)10-12-16/h4-13,17H,3H2,1-2H3,(H,21,24)(H,22,23)/t13-,17-/m0/s1. The maximum atomic E-state index is 12.6. The monoisotopic (exact) mass is 388 g/mol. The van der Waals surface area contributed by atoms with Crippen LogP contribution in [-0.2, 0) is 4.79 Å². The van der Waals surface area contributed by atoms with Gasteiger partial charge in [-0.05, 0) is 42.3 Å². The first-order chi connectivity index (χ1) is 11.5. The fourth-order valence-corrected chi connectivity index (χ4v) is 2.53. The summed E-state index contributed by atoms with van der Waals surface area (Å²) in [7, 11) is 0. The van der Waals surface area contributed by atoms with Crippen LogP contribution in [0.1, 0.15) is 30.6 Å². The zero-order valence-electron chi connectivity index (χ0n) is 13.8. The number of carbonyl (C=O) groups excluding carboxylic acids is 2. The summed E-state index contributed by atoms with van der Waals surface area (Å²) in [5.41, 5.74) is 1.24. The van der Waals surface area contributed by atoms with E-state index in [4.69, 9.17) is 0 Å². The van der Waals surface area contributed by atoms with Crippen LogP contribution in [0.25, 0.3) is 0 Å². The minimum Gasteiger partial charge on any atom is -0.340 e. The van der Waals surface area contributed by atoms with Gasteiger partial charge < -0.3 is 10.6 Å². The van der Waals surface area contributed by atoms with E-state index >= 15 is 0 Å². The SMILES string of the molecule is CC[C@H](C)[C@H](NC(=O)c1ccccc1)C(=O)Nc1ccc(Br)cc1. The summed E-state index contributed by atoms with van der Waals surface area (Å²) in [4.78, 5) is 25.0. The van der Waals surface area contributed by atoms with Crippen molar-refractivity contribution in [3.8, 4) is 0 Å². The third-order valence-electron chi connectivity index (χ3n) is 3.93. The van der Waals surface area contributed by atoms with E-state index in [0.717, 1.165) is 10.9 Å². The number of halogens is 1. The topological polar surface area (TPSA) is 58.2 Å². The molecule has 126 valence electrons. The summed E-state index contributed by atoms with van der Waals surface area (Å²) >= 11 is 3.36. The molecule has 2 amide bonds. The highest BCUT2D eigenvalue weighted by molar-refractivity contribution is 9.10. The molecule has 0 aromatic heterocycles. The van der Waals surface area contributed by atoms with Crippen molar-refractivity contribution in [3.05, 3.63) is 64.6 Å². The summed E-state index contributed by atoms with van der Waals surface area (Å²) < 4.78 is 0.941. The van der Waals surface area contributed by atoms with E-state index in [9.17, 15) is 9.59 Å². The second kappa shape index (κ2) is 8.64. The van der Waals surface area contributed by atoms with E-state index in [1.165, 1.54) is 0 Å². The molecular weight excluding hydrogens is 368 g/mol. The van der Waals surface area contributed by atoms with Crippen molar-refractivity contribution in [1.82, 2.24) is 5.32 Å².